The van der Waals surface area contributed by atoms with Crippen LogP contribution in [-0.4, -0.2) is 0 Å². The molecule has 1 aliphatic carbocycles. The van der Waals surface area contributed by atoms with Gasteiger partial charge >= 0.3 is 0 Å². The molecule has 2 N–H and O–H groups in total. The molecular formula is C24H22NP. The Morgan fingerprint density at radius 3 is 1.85 bits per heavy atom. The summed E-state index contributed by atoms with van der Waals surface area (Å²) >= 11 is 0. The fourth-order valence-corrected chi connectivity index (χ4v) is 6.03. The quantitative estimate of drug-likeness (QED) is 0.700. The number of hydrogen-bond donors (Lipinski definition) is 1. The van der Waals surface area contributed by atoms with Gasteiger partial charge in [0.05, 0.1) is 5.54 Å². The van der Waals surface area contributed by atoms with Crippen molar-refractivity contribution in [3.8, 4) is 0 Å². The van der Waals surface area contributed by atoms with Crippen molar-refractivity contribution >= 4 is 23.8 Å². The van der Waals surface area contributed by atoms with E-state index in [0.29, 0.717) is 0 Å². The molecule has 4 rings (SSSR count). The summed E-state index contributed by atoms with van der Waals surface area (Å²) in [6.45, 7) is 0. The molecular weight excluding hydrogens is 333 g/mol. The van der Waals surface area contributed by atoms with Crippen molar-refractivity contribution in [1.82, 2.24) is 0 Å². The van der Waals surface area contributed by atoms with Crippen LogP contribution >= 0.6 is 7.92 Å². The zero-order valence-corrected chi connectivity index (χ0v) is 15.5. The summed E-state index contributed by atoms with van der Waals surface area (Å²) < 4.78 is 0. The van der Waals surface area contributed by atoms with Gasteiger partial charge < -0.3 is 5.73 Å². The van der Waals surface area contributed by atoms with Crippen molar-refractivity contribution in [2.75, 3.05) is 0 Å². The number of nitrogens with two attached hydrogens (primary N) is 1. The Bertz CT molecular complexity index is 891. The van der Waals surface area contributed by atoms with E-state index in [4.69, 9.17) is 5.73 Å². The van der Waals surface area contributed by atoms with E-state index >= 15 is 0 Å². The minimum atomic E-state index is -0.661. The molecule has 3 aromatic carbocycles. The van der Waals surface area contributed by atoms with Crippen molar-refractivity contribution in [3.05, 3.63) is 115 Å². The van der Waals surface area contributed by atoms with Gasteiger partial charge in [-0.1, -0.05) is 109 Å². The van der Waals surface area contributed by atoms with E-state index in [0.717, 1.165) is 6.42 Å². The summed E-state index contributed by atoms with van der Waals surface area (Å²) in [5.41, 5.74) is 7.62. The lowest BCUT2D eigenvalue weighted by molar-refractivity contribution is 0.569. The third-order valence-electron chi connectivity index (χ3n) is 4.77. The highest BCUT2D eigenvalue weighted by Gasteiger charge is 2.30. The van der Waals surface area contributed by atoms with Crippen molar-refractivity contribution in [3.63, 3.8) is 0 Å². The summed E-state index contributed by atoms with van der Waals surface area (Å²) in [6, 6.07) is 30.2. The maximum atomic E-state index is 6.85. The van der Waals surface area contributed by atoms with Crippen molar-refractivity contribution in [1.29, 1.82) is 0 Å². The van der Waals surface area contributed by atoms with Crippen LogP contribution in [0.2, 0.25) is 0 Å². The Labute approximate surface area is 156 Å². The van der Waals surface area contributed by atoms with Crippen molar-refractivity contribution in [2.24, 2.45) is 5.73 Å². The molecule has 0 saturated carbocycles. The van der Waals surface area contributed by atoms with Gasteiger partial charge in [-0.2, -0.15) is 0 Å². The van der Waals surface area contributed by atoms with Gasteiger partial charge in [0.1, 0.15) is 0 Å². The second kappa shape index (κ2) is 7.41. The van der Waals surface area contributed by atoms with Gasteiger partial charge in [-0.05, 0) is 35.8 Å². The Kier molecular flexibility index (Phi) is 4.84. The molecule has 2 heteroatoms. The molecule has 1 atom stereocenters. The third kappa shape index (κ3) is 3.29. The van der Waals surface area contributed by atoms with Gasteiger partial charge in [-0.25, -0.2) is 0 Å². The average Bonchev–Trinajstić information content (AvgIpc) is 2.71. The van der Waals surface area contributed by atoms with Crippen LogP contribution in [0.4, 0.5) is 0 Å². The second-order valence-corrected chi connectivity index (χ2v) is 8.74. The molecule has 0 aromatic heterocycles. The third-order valence-corrected chi connectivity index (χ3v) is 7.27. The Balaban J connectivity index is 1.91. The van der Waals surface area contributed by atoms with Crippen molar-refractivity contribution in [2.45, 2.75) is 12.0 Å². The Hall–Kier alpha value is -2.47. The van der Waals surface area contributed by atoms with Crippen LogP contribution in [0.1, 0.15) is 12.0 Å². The molecule has 0 amide bonds. The first-order chi connectivity index (χ1) is 12.8. The smallest absolute Gasteiger partial charge is 0.0639 e. The molecule has 0 radical (unpaired) electrons. The van der Waals surface area contributed by atoms with Crippen LogP contribution < -0.4 is 21.6 Å². The van der Waals surface area contributed by atoms with Gasteiger partial charge in [-0.15, -0.1) is 0 Å². The second-order valence-electron chi connectivity index (χ2n) is 6.56. The molecule has 0 spiro atoms. The van der Waals surface area contributed by atoms with Crippen LogP contribution in [0.3, 0.4) is 0 Å². The Morgan fingerprint density at radius 2 is 1.27 bits per heavy atom. The van der Waals surface area contributed by atoms with E-state index < -0.39 is 13.5 Å². The zero-order valence-electron chi connectivity index (χ0n) is 14.6. The highest BCUT2D eigenvalue weighted by Crippen LogP contribution is 2.38. The molecule has 1 unspecified atom stereocenters. The van der Waals surface area contributed by atoms with Crippen LogP contribution in [-0.2, 0) is 5.54 Å². The maximum absolute atomic E-state index is 6.85. The lowest BCUT2D eigenvalue weighted by Crippen LogP contribution is -2.40. The van der Waals surface area contributed by atoms with Crippen LogP contribution in [0.5, 0.6) is 0 Å². The lowest BCUT2D eigenvalue weighted by atomic mass is 9.85. The van der Waals surface area contributed by atoms with Gasteiger partial charge in [0.15, 0.2) is 0 Å². The minimum absolute atomic E-state index is 0.449. The molecule has 0 fully saturated rings. The first-order valence-corrected chi connectivity index (χ1v) is 10.3. The number of rotatable bonds is 4. The van der Waals surface area contributed by atoms with Crippen LogP contribution in [0.25, 0.3) is 0 Å². The molecule has 0 saturated heterocycles. The average molecular weight is 355 g/mol. The lowest BCUT2D eigenvalue weighted by Gasteiger charge is -2.32. The first kappa shape index (κ1) is 17.0. The van der Waals surface area contributed by atoms with Gasteiger partial charge in [0.25, 0.3) is 0 Å². The summed E-state index contributed by atoms with van der Waals surface area (Å²) in [5, 5.41) is 4.03. The van der Waals surface area contributed by atoms with E-state index in [1.807, 2.05) is 0 Å². The fourth-order valence-electron chi connectivity index (χ4n) is 3.48. The molecule has 3 aromatic rings. The topological polar surface area (TPSA) is 26.0 Å². The largest absolute Gasteiger partial charge is 0.318 e. The van der Waals surface area contributed by atoms with E-state index in [1.54, 1.807) is 0 Å². The maximum Gasteiger partial charge on any atom is 0.0639 e. The summed E-state index contributed by atoms with van der Waals surface area (Å²) in [7, 11) is -0.661. The molecule has 128 valence electrons. The van der Waals surface area contributed by atoms with Crippen LogP contribution in [0, 0.1) is 0 Å². The number of hydrogen-bond acceptors (Lipinski definition) is 1. The molecule has 26 heavy (non-hydrogen) atoms. The van der Waals surface area contributed by atoms with E-state index in [9.17, 15) is 0 Å². The zero-order chi connectivity index (χ0) is 17.8. The minimum Gasteiger partial charge on any atom is -0.318 e. The predicted molar refractivity (Wildman–Crippen MR) is 114 cm³/mol. The van der Waals surface area contributed by atoms with Crippen molar-refractivity contribution < 1.29 is 0 Å². The van der Waals surface area contributed by atoms with Gasteiger partial charge in [0.2, 0.25) is 0 Å². The van der Waals surface area contributed by atoms with E-state index in [1.165, 1.54) is 21.5 Å². The van der Waals surface area contributed by atoms with E-state index in [2.05, 4.69) is 109 Å². The molecule has 1 nitrogen and oxygen atoms in total. The molecule has 0 aliphatic heterocycles. The normalized spacial score (nSPS) is 19.0. The fraction of sp³-hybridized carbons (Fsp3) is 0.0833. The first-order valence-electron chi connectivity index (χ1n) is 8.91. The summed E-state index contributed by atoms with van der Waals surface area (Å²) in [6.07, 6.45) is 9.26. The summed E-state index contributed by atoms with van der Waals surface area (Å²) in [4.78, 5) is 0. The predicted octanol–water partition coefficient (Wildman–Crippen LogP) is 4.11. The Morgan fingerprint density at radius 1 is 0.692 bits per heavy atom. The SMILES string of the molecule is NC1(c2ccccc2P(c2ccccc2)c2ccccc2)C=CC=CC1. The molecule has 1 aliphatic rings. The summed E-state index contributed by atoms with van der Waals surface area (Å²) in [5.74, 6) is 0. The highest BCUT2D eigenvalue weighted by molar-refractivity contribution is 7.79. The number of allylic oxidation sites excluding steroid dienone is 2. The van der Waals surface area contributed by atoms with E-state index in [-0.39, 0.29) is 0 Å². The van der Waals surface area contributed by atoms with Crippen LogP contribution in [0.15, 0.2) is 109 Å². The molecule has 0 heterocycles. The van der Waals surface area contributed by atoms with Gasteiger partial charge in [0, 0.05) is 0 Å². The monoisotopic (exact) mass is 355 g/mol. The standard InChI is InChI=1S/C24H22NP/c25-24(18-10-3-11-19-24)22-16-8-9-17-23(22)26(20-12-4-1-5-13-20)21-14-6-2-7-15-21/h1-18H,19,25H2. The number of benzene rings is 3. The van der Waals surface area contributed by atoms with Gasteiger partial charge in [-0.3, -0.25) is 0 Å². The highest BCUT2D eigenvalue weighted by atomic mass is 31.1. The molecule has 0 bridgehead atoms.